The van der Waals surface area contributed by atoms with E-state index in [0.717, 1.165) is 5.56 Å². The van der Waals surface area contributed by atoms with Crippen molar-refractivity contribution in [1.29, 1.82) is 0 Å². The molecular weight excluding hydrogens is 546 g/mol. The summed E-state index contributed by atoms with van der Waals surface area (Å²) < 4.78 is 35.4. The lowest BCUT2D eigenvalue weighted by molar-refractivity contribution is -0.150. The molecule has 222 valence electrons. The number of alkyl halides is 2. The number of carboxylic acid groups (broad SMARTS) is 1. The Morgan fingerprint density at radius 3 is 2.19 bits per heavy atom. The summed E-state index contributed by atoms with van der Waals surface area (Å²) in [4.78, 5) is 33.9. The molecule has 4 N–H and O–H groups in total. The van der Waals surface area contributed by atoms with Crippen LogP contribution in [-0.2, 0) is 17.8 Å². The van der Waals surface area contributed by atoms with Crippen molar-refractivity contribution in [3.8, 4) is 11.5 Å². The normalized spacial score (nSPS) is 14.3. The Labute approximate surface area is 241 Å². The van der Waals surface area contributed by atoms with Gasteiger partial charge in [-0.25, -0.2) is 4.98 Å². The summed E-state index contributed by atoms with van der Waals surface area (Å²) in [6, 6.07) is 22.1. The number of carboxylic acids is 1. The molecule has 4 aromatic rings. The average Bonchev–Trinajstić information content (AvgIpc) is 2.99. The van der Waals surface area contributed by atoms with E-state index in [1.165, 1.54) is 17.7 Å². The fourth-order valence-electron chi connectivity index (χ4n) is 4.95. The first-order valence-electron chi connectivity index (χ1n) is 13.7. The first-order chi connectivity index (χ1) is 20.2. The molecule has 3 aromatic carbocycles. The van der Waals surface area contributed by atoms with Crippen molar-refractivity contribution in [3.05, 3.63) is 94.3 Å². The maximum absolute atomic E-state index is 12.8. The van der Waals surface area contributed by atoms with Gasteiger partial charge in [-0.1, -0.05) is 60.7 Å². The zero-order chi connectivity index (χ0) is 30.1. The van der Waals surface area contributed by atoms with E-state index in [0.29, 0.717) is 44.8 Å². The van der Waals surface area contributed by atoms with Crippen LogP contribution >= 0.6 is 0 Å². The highest BCUT2D eigenvalue weighted by molar-refractivity contribution is 5.83. The lowest BCUT2D eigenvalue weighted by atomic mass is 9.74. The van der Waals surface area contributed by atoms with Crippen LogP contribution in [0.3, 0.4) is 0 Å². The number of carbonyl (C=O) groups is 1. The molecule has 0 bridgehead atoms. The van der Waals surface area contributed by atoms with Crippen LogP contribution in [0.15, 0.2) is 77.6 Å². The molecule has 42 heavy (non-hydrogen) atoms. The summed E-state index contributed by atoms with van der Waals surface area (Å²) in [6.45, 7) is 0.260. The third-order valence-corrected chi connectivity index (χ3v) is 7.21. The minimum Gasteiger partial charge on any atom is -0.490 e. The highest BCUT2D eigenvalue weighted by atomic mass is 19.3. The third kappa shape index (κ3) is 7.41. The number of nitrogens with two attached hydrogens (primary N) is 1. The van der Waals surface area contributed by atoms with Crippen LogP contribution in [0.2, 0.25) is 0 Å². The summed E-state index contributed by atoms with van der Waals surface area (Å²) in [6.07, 6.45) is 1.18. The zero-order valence-corrected chi connectivity index (χ0v) is 23.3. The lowest BCUT2D eigenvalue weighted by Crippen LogP contribution is -2.46. The second-order valence-corrected chi connectivity index (χ2v) is 9.94. The average molecular weight is 581 g/mol. The quantitative estimate of drug-likeness (QED) is 0.253. The molecule has 1 aromatic heterocycles. The van der Waals surface area contributed by atoms with Crippen LogP contribution in [0.4, 0.5) is 14.7 Å². The number of nitrogens with zero attached hydrogens (tertiary/aromatic N) is 2. The van der Waals surface area contributed by atoms with Gasteiger partial charge in [-0.3, -0.25) is 14.6 Å². The molecule has 1 saturated heterocycles. The van der Waals surface area contributed by atoms with Gasteiger partial charge >= 0.3 is 12.6 Å². The monoisotopic (exact) mass is 580 g/mol. The molecular formula is C31H34F2N4O5. The molecule has 2 heterocycles. The lowest BCUT2D eigenvalue weighted by Gasteiger charge is -2.39. The number of halogens is 2. The topological polar surface area (TPSA) is 131 Å². The van der Waals surface area contributed by atoms with Crippen LogP contribution in [0.25, 0.3) is 10.9 Å². The number of ether oxygens (including phenoxy) is 2. The maximum Gasteiger partial charge on any atom is 0.387 e. The molecule has 0 spiro atoms. The number of benzene rings is 3. The van der Waals surface area contributed by atoms with Crippen LogP contribution in [-0.4, -0.2) is 47.4 Å². The second kappa shape index (κ2) is 13.9. The Hall–Kier alpha value is -4.51. The molecule has 0 aliphatic carbocycles. The Balaban J connectivity index is 0.000000437. The largest absolute Gasteiger partial charge is 0.490 e. The predicted octanol–water partition coefficient (Wildman–Crippen LogP) is 4.98. The standard InChI is InChI=1S/C24H25F2N3O5.C7H9N/c1-2-33-18-13-17-16(12-19(18)34-22(25)26)20(30)28-23(27-17)29-10-8-24(9-11-29,21(31)32)14-15-6-4-3-5-7-15;8-6-7-4-2-1-3-5-7/h3-7,12-13,22H,2,8-11,14H2,1H3,(H,31,32)(H,27,28,30);1-5H,6,8H2. The number of hydrogen-bond donors (Lipinski definition) is 3. The van der Waals surface area contributed by atoms with Crippen molar-refractivity contribution in [3.63, 3.8) is 0 Å². The highest BCUT2D eigenvalue weighted by Crippen LogP contribution is 2.37. The number of anilines is 1. The molecule has 1 aliphatic heterocycles. The van der Waals surface area contributed by atoms with Crippen molar-refractivity contribution < 1.29 is 28.2 Å². The fourth-order valence-corrected chi connectivity index (χ4v) is 4.95. The molecule has 1 fully saturated rings. The zero-order valence-electron chi connectivity index (χ0n) is 23.3. The third-order valence-electron chi connectivity index (χ3n) is 7.21. The summed E-state index contributed by atoms with van der Waals surface area (Å²) in [7, 11) is 0. The van der Waals surface area contributed by atoms with Gasteiger partial charge in [0, 0.05) is 25.7 Å². The predicted molar refractivity (Wildman–Crippen MR) is 156 cm³/mol. The Morgan fingerprint density at radius 2 is 1.67 bits per heavy atom. The van der Waals surface area contributed by atoms with Gasteiger partial charge in [0.15, 0.2) is 11.5 Å². The fraction of sp³-hybridized carbons (Fsp3) is 0.323. The maximum atomic E-state index is 12.8. The SMILES string of the molecule is CCOc1cc2nc(N3CCC(Cc4ccccc4)(C(=O)O)CC3)[nH]c(=O)c2cc1OC(F)F.NCc1ccccc1. The summed E-state index contributed by atoms with van der Waals surface area (Å²) in [5, 5.41) is 10.1. The first kappa shape index (κ1) is 30.4. The van der Waals surface area contributed by atoms with E-state index in [-0.39, 0.29) is 29.0 Å². The van der Waals surface area contributed by atoms with Crippen molar-refractivity contribution in [2.75, 3.05) is 24.6 Å². The molecule has 9 nitrogen and oxygen atoms in total. The van der Waals surface area contributed by atoms with Crippen LogP contribution in [0.1, 0.15) is 30.9 Å². The van der Waals surface area contributed by atoms with Crippen molar-refractivity contribution in [2.45, 2.75) is 39.3 Å². The number of aromatic amines is 1. The van der Waals surface area contributed by atoms with E-state index in [4.69, 9.17) is 10.5 Å². The molecule has 0 radical (unpaired) electrons. The van der Waals surface area contributed by atoms with Crippen LogP contribution < -0.4 is 25.7 Å². The van der Waals surface area contributed by atoms with Crippen molar-refractivity contribution in [1.82, 2.24) is 9.97 Å². The molecule has 0 amide bonds. The van der Waals surface area contributed by atoms with E-state index in [1.807, 2.05) is 65.6 Å². The van der Waals surface area contributed by atoms with Gasteiger partial charge in [0.2, 0.25) is 5.95 Å². The highest BCUT2D eigenvalue weighted by Gasteiger charge is 2.42. The van der Waals surface area contributed by atoms with Gasteiger partial charge in [0.25, 0.3) is 5.56 Å². The number of rotatable bonds is 9. The van der Waals surface area contributed by atoms with Crippen LogP contribution in [0.5, 0.6) is 11.5 Å². The van der Waals surface area contributed by atoms with Crippen molar-refractivity contribution in [2.24, 2.45) is 11.1 Å². The van der Waals surface area contributed by atoms with E-state index in [2.05, 4.69) is 14.7 Å². The summed E-state index contributed by atoms with van der Waals surface area (Å²) in [5.41, 5.74) is 6.35. The van der Waals surface area contributed by atoms with E-state index in [9.17, 15) is 23.5 Å². The Bertz CT molecular complexity index is 1530. The summed E-state index contributed by atoms with van der Waals surface area (Å²) in [5.74, 6) is -0.731. The second-order valence-electron chi connectivity index (χ2n) is 9.94. The minimum absolute atomic E-state index is 0.0609. The molecule has 0 saturated carbocycles. The van der Waals surface area contributed by atoms with Gasteiger partial charge < -0.3 is 25.2 Å². The molecule has 11 heteroatoms. The van der Waals surface area contributed by atoms with Gasteiger partial charge in [-0.05, 0) is 43.4 Å². The Kier molecular flexibility index (Phi) is 10.1. The van der Waals surface area contributed by atoms with E-state index >= 15 is 0 Å². The smallest absolute Gasteiger partial charge is 0.387 e. The number of piperidine rings is 1. The number of H-pyrrole nitrogens is 1. The van der Waals surface area contributed by atoms with Gasteiger partial charge in [0.05, 0.1) is 22.9 Å². The number of nitrogens with one attached hydrogen (secondary N) is 1. The van der Waals surface area contributed by atoms with Gasteiger partial charge in [-0.15, -0.1) is 0 Å². The van der Waals surface area contributed by atoms with E-state index < -0.39 is 23.6 Å². The molecule has 5 rings (SSSR count). The molecule has 0 unspecified atom stereocenters. The number of hydrogen-bond acceptors (Lipinski definition) is 7. The van der Waals surface area contributed by atoms with Crippen LogP contribution in [0, 0.1) is 5.41 Å². The summed E-state index contributed by atoms with van der Waals surface area (Å²) >= 11 is 0. The minimum atomic E-state index is -3.07. The van der Waals surface area contributed by atoms with E-state index in [1.54, 1.807) is 6.92 Å². The van der Waals surface area contributed by atoms with Gasteiger partial charge in [0.1, 0.15) is 0 Å². The molecule has 0 atom stereocenters. The van der Waals surface area contributed by atoms with Crippen molar-refractivity contribution >= 4 is 22.8 Å². The Morgan fingerprint density at radius 1 is 1.05 bits per heavy atom. The first-order valence-corrected chi connectivity index (χ1v) is 13.7. The van der Waals surface area contributed by atoms with Gasteiger partial charge in [-0.2, -0.15) is 8.78 Å². The number of fused-ring (bicyclic) bond motifs is 1. The number of aromatic nitrogens is 2. The number of aliphatic carboxylic acids is 1. The molecule has 1 aliphatic rings.